The van der Waals surface area contributed by atoms with Gasteiger partial charge in [-0.3, -0.25) is 9.69 Å². The van der Waals surface area contributed by atoms with E-state index < -0.39 is 0 Å². The van der Waals surface area contributed by atoms with Crippen molar-refractivity contribution in [2.24, 2.45) is 0 Å². The minimum absolute atomic E-state index is 0.158. The first-order valence-corrected chi connectivity index (χ1v) is 10.2. The van der Waals surface area contributed by atoms with Gasteiger partial charge in [0.15, 0.2) is 0 Å². The van der Waals surface area contributed by atoms with Crippen molar-refractivity contribution in [2.45, 2.75) is 20.3 Å². The molecule has 0 aliphatic carbocycles. The van der Waals surface area contributed by atoms with Gasteiger partial charge in [0.2, 0.25) is 0 Å². The molecule has 0 N–H and O–H groups in total. The van der Waals surface area contributed by atoms with Crippen molar-refractivity contribution in [1.82, 2.24) is 14.5 Å². The summed E-state index contributed by atoms with van der Waals surface area (Å²) in [5.74, 6) is 0.808. The summed E-state index contributed by atoms with van der Waals surface area (Å²) in [6.45, 7) is 8.35. The fourth-order valence-corrected chi connectivity index (χ4v) is 3.91. The molecule has 2 aromatic carbocycles. The average molecular weight is 389 g/mol. The molecule has 1 saturated heterocycles. The number of rotatable bonds is 5. The van der Waals surface area contributed by atoms with Crippen molar-refractivity contribution in [3.63, 3.8) is 0 Å². The van der Waals surface area contributed by atoms with Crippen LogP contribution in [0.4, 0.5) is 0 Å². The Balaban J connectivity index is 1.79. The van der Waals surface area contributed by atoms with Crippen molar-refractivity contribution in [3.05, 3.63) is 82.0 Å². The molecule has 0 amide bonds. The number of ether oxygens (including phenoxy) is 1. The zero-order valence-electron chi connectivity index (χ0n) is 17.1. The lowest BCUT2D eigenvalue weighted by Gasteiger charge is -2.27. The molecule has 5 heteroatoms. The summed E-state index contributed by atoms with van der Waals surface area (Å²) < 4.78 is 7.59. The van der Waals surface area contributed by atoms with Crippen LogP contribution in [0.1, 0.15) is 17.1 Å². The zero-order chi connectivity index (χ0) is 20.2. The smallest absolute Gasteiger partial charge is 0.281 e. The van der Waals surface area contributed by atoms with Gasteiger partial charge in [-0.15, -0.1) is 0 Å². The summed E-state index contributed by atoms with van der Waals surface area (Å²) in [7, 11) is 0. The van der Waals surface area contributed by atoms with Gasteiger partial charge < -0.3 is 9.30 Å². The fourth-order valence-electron chi connectivity index (χ4n) is 3.91. The molecular formula is C24H27N3O2. The number of nitrogens with zero attached hydrogens (tertiary/aromatic N) is 3. The zero-order valence-corrected chi connectivity index (χ0v) is 17.1. The van der Waals surface area contributed by atoms with Gasteiger partial charge in [-0.05, 0) is 31.5 Å². The van der Waals surface area contributed by atoms with Crippen LogP contribution in [0.25, 0.3) is 16.8 Å². The van der Waals surface area contributed by atoms with E-state index in [1.165, 1.54) is 5.56 Å². The lowest BCUT2D eigenvalue weighted by atomic mass is 10.0. The average Bonchev–Trinajstić information content (AvgIpc) is 2.75. The lowest BCUT2D eigenvalue weighted by Crippen LogP contribution is -2.38. The predicted molar refractivity (Wildman–Crippen MR) is 116 cm³/mol. The molecule has 4 rings (SSSR count). The second kappa shape index (κ2) is 8.72. The maximum absolute atomic E-state index is 13.0. The maximum atomic E-state index is 13.0. The largest absolute Gasteiger partial charge is 0.379 e. The first-order chi connectivity index (χ1) is 14.1. The molecular weight excluding hydrogens is 362 g/mol. The van der Waals surface area contributed by atoms with Crippen LogP contribution in [0, 0.1) is 13.8 Å². The van der Waals surface area contributed by atoms with Gasteiger partial charge in [-0.2, -0.15) is 4.98 Å². The minimum Gasteiger partial charge on any atom is -0.379 e. The van der Waals surface area contributed by atoms with Gasteiger partial charge in [-0.25, -0.2) is 0 Å². The van der Waals surface area contributed by atoms with Crippen molar-refractivity contribution in [1.29, 1.82) is 0 Å². The number of hydrogen-bond acceptors (Lipinski definition) is 4. The van der Waals surface area contributed by atoms with E-state index in [4.69, 9.17) is 4.74 Å². The van der Waals surface area contributed by atoms with Gasteiger partial charge in [0.05, 0.1) is 18.8 Å². The summed E-state index contributed by atoms with van der Waals surface area (Å²) in [6, 6.07) is 18.2. The molecule has 1 fully saturated rings. The highest BCUT2D eigenvalue weighted by atomic mass is 16.5. The molecule has 1 aromatic heterocycles. The maximum Gasteiger partial charge on any atom is 0.281 e. The molecule has 3 aromatic rings. The predicted octanol–water partition coefficient (Wildman–Crippen LogP) is 3.39. The van der Waals surface area contributed by atoms with Gasteiger partial charge in [-0.1, -0.05) is 48.0 Å². The number of hydrogen-bond donors (Lipinski definition) is 0. The third kappa shape index (κ3) is 4.31. The van der Waals surface area contributed by atoms with Crippen LogP contribution in [-0.4, -0.2) is 47.3 Å². The number of aryl methyl sites for hydroxylation is 1. The second-order valence-corrected chi connectivity index (χ2v) is 7.53. The summed E-state index contributed by atoms with van der Waals surface area (Å²) in [4.78, 5) is 19.9. The van der Waals surface area contributed by atoms with Crippen LogP contribution in [0.3, 0.4) is 0 Å². The highest BCUT2D eigenvalue weighted by Crippen LogP contribution is 2.23. The molecule has 0 saturated carbocycles. The van der Waals surface area contributed by atoms with Crippen molar-refractivity contribution >= 4 is 0 Å². The Bertz CT molecular complexity index is 1020. The van der Waals surface area contributed by atoms with E-state index in [0.717, 1.165) is 62.0 Å². The van der Waals surface area contributed by atoms with Gasteiger partial charge in [0.1, 0.15) is 5.82 Å². The van der Waals surface area contributed by atoms with E-state index in [2.05, 4.69) is 45.6 Å². The third-order valence-corrected chi connectivity index (χ3v) is 5.51. The van der Waals surface area contributed by atoms with Crippen LogP contribution in [0.15, 0.2) is 59.4 Å². The molecule has 1 aliphatic heterocycles. The molecule has 0 radical (unpaired) electrons. The summed E-state index contributed by atoms with van der Waals surface area (Å²) in [5, 5.41) is 0. The number of benzene rings is 2. The molecule has 1 aliphatic rings. The van der Waals surface area contributed by atoms with Gasteiger partial charge >= 0.3 is 0 Å². The SMILES string of the molecule is Cc1ccc(-n2c(CCN3CCOCC3)nc(=O)c(-c3ccccc3)c2C)cc1. The topological polar surface area (TPSA) is 47.4 Å². The molecule has 5 nitrogen and oxygen atoms in total. The van der Waals surface area contributed by atoms with Gasteiger partial charge in [0, 0.05) is 37.4 Å². The highest BCUT2D eigenvalue weighted by Gasteiger charge is 2.18. The van der Waals surface area contributed by atoms with Crippen LogP contribution < -0.4 is 5.56 Å². The fraction of sp³-hybridized carbons (Fsp3) is 0.333. The Labute approximate surface area is 171 Å². The van der Waals surface area contributed by atoms with Crippen molar-refractivity contribution < 1.29 is 4.74 Å². The molecule has 0 bridgehead atoms. The van der Waals surface area contributed by atoms with E-state index in [9.17, 15) is 4.79 Å². The molecule has 0 atom stereocenters. The Kier molecular flexibility index (Phi) is 5.88. The van der Waals surface area contributed by atoms with E-state index in [0.29, 0.717) is 5.56 Å². The Morgan fingerprint density at radius 1 is 0.966 bits per heavy atom. The molecule has 0 spiro atoms. The first kappa shape index (κ1) is 19.6. The number of morpholine rings is 1. The van der Waals surface area contributed by atoms with E-state index in [1.54, 1.807) is 0 Å². The Hall–Kier alpha value is -2.76. The Morgan fingerprint density at radius 2 is 1.66 bits per heavy atom. The van der Waals surface area contributed by atoms with Crippen molar-refractivity contribution in [3.8, 4) is 16.8 Å². The summed E-state index contributed by atoms with van der Waals surface area (Å²) in [6.07, 6.45) is 0.721. The summed E-state index contributed by atoms with van der Waals surface area (Å²) in [5.41, 5.74) is 4.59. The third-order valence-electron chi connectivity index (χ3n) is 5.51. The van der Waals surface area contributed by atoms with Crippen molar-refractivity contribution in [2.75, 3.05) is 32.8 Å². The van der Waals surface area contributed by atoms with E-state index in [1.807, 2.05) is 37.3 Å². The van der Waals surface area contributed by atoms with Crippen LogP contribution >= 0.6 is 0 Å². The minimum atomic E-state index is -0.158. The second-order valence-electron chi connectivity index (χ2n) is 7.53. The number of aromatic nitrogens is 2. The van der Waals surface area contributed by atoms with Crippen LogP contribution in [0.2, 0.25) is 0 Å². The standard InChI is InChI=1S/C24H27N3O2/c1-18-8-10-21(11-9-18)27-19(2)23(20-6-4-3-5-7-20)24(28)25-22(27)12-13-26-14-16-29-17-15-26/h3-11H,12-17H2,1-2H3. The monoisotopic (exact) mass is 389 g/mol. The molecule has 150 valence electrons. The van der Waals surface area contributed by atoms with Gasteiger partial charge in [0.25, 0.3) is 5.56 Å². The van der Waals surface area contributed by atoms with E-state index in [-0.39, 0.29) is 5.56 Å². The molecule has 29 heavy (non-hydrogen) atoms. The van der Waals surface area contributed by atoms with Crippen LogP contribution in [-0.2, 0) is 11.2 Å². The quantitative estimate of drug-likeness (QED) is 0.671. The molecule has 2 heterocycles. The van der Waals surface area contributed by atoms with E-state index >= 15 is 0 Å². The summed E-state index contributed by atoms with van der Waals surface area (Å²) >= 11 is 0. The normalized spacial score (nSPS) is 14.8. The van der Waals surface area contributed by atoms with Crippen LogP contribution in [0.5, 0.6) is 0 Å². The molecule has 0 unspecified atom stereocenters. The Morgan fingerprint density at radius 3 is 2.34 bits per heavy atom. The first-order valence-electron chi connectivity index (χ1n) is 10.2. The lowest BCUT2D eigenvalue weighted by molar-refractivity contribution is 0.0381. The highest BCUT2D eigenvalue weighted by molar-refractivity contribution is 5.65.